The van der Waals surface area contributed by atoms with Crippen LogP contribution in [0.1, 0.15) is 51.5 Å². The zero-order valence-corrected chi connectivity index (χ0v) is 31.3. The van der Waals surface area contributed by atoms with E-state index in [2.05, 4.69) is 129 Å². The molecular formula is C51H42N2O2. The first kappa shape index (κ1) is 32.4. The maximum atomic E-state index is 6.76. The van der Waals surface area contributed by atoms with Crippen molar-refractivity contribution in [1.82, 2.24) is 9.97 Å². The summed E-state index contributed by atoms with van der Waals surface area (Å²) in [6.07, 6.45) is 6.59. The van der Waals surface area contributed by atoms with Crippen molar-refractivity contribution in [2.75, 3.05) is 0 Å². The van der Waals surface area contributed by atoms with Crippen LogP contribution in [0.3, 0.4) is 0 Å². The van der Waals surface area contributed by atoms with Gasteiger partial charge in [-0.3, -0.25) is 0 Å². The van der Waals surface area contributed by atoms with Gasteiger partial charge in [0.2, 0.25) is 0 Å². The molecule has 2 unspecified atom stereocenters. The molecule has 4 heteroatoms. The number of benzene rings is 6. The van der Waals surface area contributed by atoms with Gasteiger partial charge in [-0.05, 0) is 102 Å². The molecule has 9 aromatic rings. The average molecular weight is 715 g/mol. The van der Waals surface area contributed by atoms with Gasteiger partial charge in [0, 0.05) is 32.7 Å². The number of hydrogen-bond donors (Lipinski definition) is 0. The molecule has 2 fully saturated rings. The standard InChI is InChI=1S/C51H42N2O2/c1-31-25-33-26-32(2)29-51(28-31,30-33)36-21-19-35(20-22-36)50-52-43(42-16-10-15-40-38-13-6-8-17-45(38)54-48(40)42)27-44(53-50)47-37(34-11-4-3-5-12-34)23-24-41-39-14-7-9-18-46(39)55-49(41)47/h3-24,27,31-33H,25-26,28-30H2,1-2H3. The van der Waals surface area contributed by atoms with E-state index in [-0.39, 0.29) is 5.41 Å². The van der Waals surface area contributed by atoms with Crippen molar-refractivity contribution >= 4 is 43.9 Å². The lowest BCUT2D eigenvalue weighted by molar-refractivity contribution is 0.0780. The van der Waals surface area contributed by atoms with Gasteiger partial charge >= 0.3 is 0 Å². The maximum absolute atomic E-state index is 6.76. The minimum Gasteiger partial charge on any atom is -0.455 e. The molecule has 11 rings (SSSR count). The van der Waals surface area contributed by atoms with Crippen LogP contribution in [-0.4, -0.2) is 9.97 Å². The van der Waals surface area contributed by atoms with Gasteiger partial charge in [-0.25, -0.2) is 9.97 Å². The maximum Gasteiger partial charge on any atom is 0.160 e. The molecule has 4 nitrogen and oxygen atoms in total. The number of hydrogen-bond acceptors (Lipinski definition) is 4. The van der Waals surface area contributed by atoms with E-state index in [0.29, 0.717) is 5.82 Å². The normalized spacial score (nSPS) is 21.2. The molecule has 3 heterocycles. The molecule has 2 bridgehead atoms. The molecule has 2 aliphatic rings. The molecule has 2 aliphatic carbocycles. The van der Waals surface area contributed by atoms with E-state index in [1.165, 1.54) is 37.7 Å². The predicted molar refractivity (Wildman–Crippen MR) is 225 cm³/mol. The Morgan fingerprint density at radius 3 is 1.85 bits per heavy atom. The summed E-state index contributed by atoms with van der Waals surface area (Å²) >= 11 is 0. The van der Waals surface area contributed by atoms with Crippen LogP contribution in [0.25, 0.3) is 88.9 Å². The van der Waals surface area contributed by atoms with Crippen LogP contribution >= 0.6 is 0 Å². The molecule has 0 radical (unpaired) electrons. The Bertz CT molecular complexity index is 2880. The number of aromatic nitrogens is 2. The molecule has 2 saturated carbocycles. The van der Waals surface area contributed by atoms with Gasteiger partial charge in [0.1, 0.15) is 22.3 Å². The molecule has 0 amide bonds. The highest BCUT2D eigenvalue weighted by molar-refractivity contribution is 6.13. The summed E-state index contributed by atoms with van der Waals surface area (Å²) in [5.74, 6) is 3.03. The smallest absolute Gasteiger partial charge is 0.160 e. The fraction of sp³-hybridized carbons (Fsp3) is 0.216. The van der Waals surface area contributed by atoms with Crippen molar-refractivity contribution in [3.05, 3.63) is 145 Å². The topological polar surface area (TPSA) is 52.1 Å². The third-order valence-corrected chi connectivity index (χ3v) is 12.7. The number of rotatable bonds is 5. The van der Waals surface area contributed by atoms with E-state index in [1.54, 1.807) is 0 Å². The average Bonchev–Trinajstić information content (AvgIpc) is 3.79. The van der Waals surface area contributed by atoms with Crippen molar-refractivity contribution in [1.29, 1.82) is 0 Å². The van der Waals surface area contributed by atoms with E-state index in [9.17, 15) is 0 Å². The number of fused-ring (bicyclic) bond motifs is 8. The highest BCUT2D eigenvalue weighted by atomic mass is 16.3. The molecular weight excluding hydrogens is 673 g/mol. The van der Waals surface area contributed by atoms with Crippen molar-refractivity contribution in [2.24, 2.45) is 17.8 Å². The van der Waals surface area contributed by atoms with E-state index in [0.717, 1.165) is 101 Å². The van der Waals surface area contributed by atoms with Crippen LogP contribution in [0, 0.1) is 17.8 Å². The Kier molecular flexibility index (Phi) is 7.39. The van der Waals surface area contributed by atoms with Crippen molar-refractivity contribution < 1.29 is 8.83 Å². The Balaban J connectivity index is 1.15. The van der Waals surface area contributed by atoms with E-state index in [4.69, 9.17) is 18.8 Å². The van der Waals surface area contributed by atoms with Crippen LogP contribution in [0.5, 0.6) is 0 Å². The molecule has 55 heavy (non-hydrogen) atoms. The summed E-state index contributed by atoms with van der Waals surface area (Å²) in [7, 11) is 0. The van der Waals surface area contributed by atoms with Gasteiger partial charge < -0.3 is 8.83 Å². The molecule has 268 valence electrons. The summed E-state index contributed by atoms with van der Waals surface area (Å²) in [6.45, 7) is 4.92. The lowest BCUT2D eigenvalue weighted by atomic mass is 9.54. The second-order valence-electron chi connectivity index (χ2n) is 16.6. The quantitative estimate of drug-likeness (QED) is 0.178. The van der Waals surface area contributed by atoms with Crippen LogP contribution in [0.15, 0.2) is 148 Å². The fourth-order valence-corrected chi connectivity index (χ4v) is 10.7. The summed E-state index contributed by atoms with van der Waals surface area (Å²) in [5.41, 5.74) is 11.8. The third-order valence-electron chi connectivity index (χ3n) is 12.7. The Hall–Kier alpha value is -6.00. The van der Waals surface area contributed by atoms with Crippen molar-refractivity contribution in [3.63, 3.8) is 0 Å². The summed E-state index contributed by atoms with van der Waals surface area (Å²) < 4.78 is 13.4. The molecule has 0 N–H and O–H groups in total. The summed E-state index contributed by atoms with van der Waals surface area (Å²) in [5, 5.41) is 4.32. The largest absolute Gasteiger partial charge is 0.455 e. The molecule has 0 saturated heterocycles. The third kappa shape index (κ3) is 5.33. The minimum atomic E-state index is 0.255. The first-order valence-corrected chi connectivity index (χ1v) is 19.9. The molecule has 2 atom stereocenters. The first-order chi connectivity index (χ1) is 27.0. The van der Waals surface area contributed by atoms with Crippen LogP contribution < -0.4 is 0 Å². The second kappa shape index (κ2) is 12.5. The minimum absolute atomic E-state index is 0.255. The zero-order chi connectivity index (χ0) is 36.7. The lowest BCUT2D eigenvalue weighted by Gasteiger charge is -2.50. The zero-order valence-electron chi connectivity index (χ0n) is 31.3. The second-order valence-corrected chi connectivity index (χ2v) is 16.6. The van der Waals surface area contributed by atoms with Gasteiger partial charge in [-0.1, -0.05) is 123 Å². The van der Waals surface area contributed by atoms with E-state index < -0.39 is 0 Å². The highest BCUT2D eigenvalue weighted by Crippen LogP contribution is 2.54. The summed E-state index contributed by atoms with van der Waals surface area (Å²) in [4.78, 5) is 10.8. The van der Waals surface area contributed by atoms with Gasteiger partial charge in [-0.15, -0.1) is 0 Å². The Labute approximate surface area is 320 Å². The van der Waals surface area contributed by atoms with Crippen molar-refractivity contribution in [3.8, 4) is 45.0 Å². The lowest BCUT2D eigenvalue weighted by Crippen LogP contribution is -2.42. The first-order valence-electron chi connectivity index (χ1n) is 19.9. The Morgan fingerprint density at radius 2 is 1.13 bits per heavy atom. The van der Waals surface area contributed by atoms with Gasteiger partial charge in [-0.2, -0.15) is 0 Å². The number of furan rings is 2. The van der Waals surface area contributed by atoms with Crippen LogP contribution in [0.2, 0.25) is 0 Å². The highest BCUT2D eigenvalue weighted by Gasteiger charge is 2.45. The number of nitrogens with zero attached hydrogens (tertiary/aromatic N) is 2. The van der Waals surface area contributed by atoms with Crippen molar-refractivity contribution in [2.45, 2.75) is 51.4 Å². The van der Waals surface area contributed by atoms with E-state index >= 15 is 0 Å². The van der Waals surface area contributed by atoms with Gasteiger partial charge in [0.15, 0.2) is 5.82 Å². The summed E-state index contributed by atoms with van der Waals surface area (Å²) in [6, 6.07) is 49.3. The SMILES string of the molecule is CC1CC2CC(C)CC(c3ccc(-c4nc(-c5cccc6c5oc5ccccc56)cc(-c5c(-c6ccccc6)ccc6c5oc5ccccc56)n4)cc3)(C1)C2. The molecule has 0 aliphatic heterocycles. The molecule has 0 spiro atoms. The van der Waals surface area contributed by atoms with E-state index in [1.807, 2.05) is 24.3 Å². The van der Waals surface area contributed by atoms with Gasteiger partial charge in [0.25, 0.3) is 0 Å². The Morgan fingerprint density at radius 1 is 0.509 bits per heavy atom. The van der Waals surface area contributed by atoms with Gasteiger partial charge in [0.05, 0.1) is 17.0 Å². The predicted octanol–water partition coefficient (Wildman–Crippen LogP) is 14.0. The number of para-hydroxylation sites is 3. The fourth-order valence-electron chi connectivity index (χ4n) is 10.7. The monoisotopic (exact) mass is 714 g/mol. The molecule has 3 aromatic heterocycles. The van der Waals surface area contributed by atoms with Crippen LogP contribution in [-0.2, 0) is 5.41 Å². The molecule has 6 aromatic carbocycles. The van der Waals surface area contributed by atoms with Crippen LogP contribution in [0.4, 0.5) is 0 Å².